The lowest BCUT2D eigenvalue weighted by molar-refractivity contribution is -0.132. The Labute approximate surface area is 115 Å². The quantitative estimate of drug-likeness (QED) is 0.826. The maximum atomic E-state index is 12.2. The van der Waals surface area contributed by atoms with E-state index in [9.17, 15) is 9.59 Å². The van der Waals surface area contributed by atoms with Crippen molar-refractivity contribution in [1.82, 2.24) is 10.2 Å². The van der Waals surface area contributed by atoms with Gasteiger partial charge in [-0.15, -0.1) is 11.3 Å². The SMILES string of the molecule is CC(NC(=O)c1cccs1)C(=O)N(CC#N)C1CC1. The number of carbonyl (C=O) groups is 2. The second-order valence-corrected chi connectivity index (χ2v) is 5.48. The second kappa shape index (κ2) is 5.85. The van der Waals surface area contributed by atoms with Gasteiger partial charge in [0, 0.05) is 6.04 Å². The minimum atomic E-state index is -0.608. The number of hydrogen-bond donors (Lipinski definition) is 1. The van der Waals surface area contributed by atoms with E-state index in [0.29, 0.717) is 4.88 Å². The van der Waals surface area contributed by atoms with Crippen molar-refractivity contribution >= 4 is 23.2 Å². The zero-order valence-electron chi connectivity index (χ0n) is 10.6. The van der Waals surface area contributed by atoms with Crippen molar-refractivity contribution in [2.75, 3.05) is 6.54 Å². The van der Waals surface area contributed by atoms with E-state index in [1.54, 1.807) is 24.0 Å². The van der Waals surface area contributed by atoms with Crippen LogP contribution in [0.5, 0.6) is 0 Å². The maximum Gasteiger partial charge on any atom is 0.261 e. The summed E-state index contributed by atoms with van der Waals surface area (Å²) in [5.74, 6) is -0.433. The molecule has 0 radical (unpaired) electrons. The molecule has 100 valence electrons. The van der Waals surface area contributed by atoms with Gasteiger partial charge in [-0.05, 0) is 31.2 Å². The number of rotatable bonds is 5. The number of nitrogens with zero attached hydrogens (tertiary/aromatic N) is 2. The van der Waals surface area contributed by atoms with Crippen molar-refractivity contribution in [3.8, 4) is 6.07 Å². The van der Waals surface area contributed by atoms with Gasteiger partial charge in [0.2, 0.25) is 5.91 Å². The van der Waals surface area contributed by atoms with Crippen LogP contribution in [0.15, 0.2) is 17.5 Å². The normalized spacial score (nSPS) is 15.4. The predicted octanol–water partition coefficient (Wildman–Crippen LogP) is 1.38. The lowest BCUT2D eigenvalue weighted by atomic mass is 10.2. The van der Waals surface area contributed by atoms with Crippen molar-refractivity contribution < 1.29 is 9.59 Å². The molecule has 1 N–H and O–H groups in total. The molecule has 6 heteroatoms. The van der Waals surface area contributed by atoms with Crippen molar-refractivity contribution in [2.24, 2.45) is 0 Å². The second-order valence-electron chi connectivity index (χ2n) is 4.53. The van der Waals surface area contributed by atoms with E-state index in [2.05, 4.69) is 5.32 Å². The summed E-state index contributed by atoms with van der Waals surface area (Å²) in [6.45, 7) is 1.74. The largest absolute Gasteiger partial charge is 0.340 e. The van der Waals surface area contributed by atoms with Gasteiger partial charge in [-0.25, -0.2) is 0 Å². The molecular formula is C13H15N3O2S. The zero-order chi connectivity index (χ0) is 13.8. The lowest BCUT2D eigenvalue weighted by Crippen LogP contribution is -2.47. The fraction of sp³-hybridized carbons (Fsp3) is 0.462. The molecule has 1 unspecified atom stereocenters. The van der Waals surface area contributed by atoms with Crippen LogP contribution in [0.4, 0.5) is 0 Å². The van der Waals surface area contributed by atoms with E-state index in [1.807, 2.05) is 11.4 Å². The lowest BCUT2D eigenvalue weighted by Gasteiger charge is -2.23. The highest BCUT2D eigenvalue weighted by Crippen LogP contribution is 2.27. The molecule has 1 aliphatic carbocycles. The Morgan fingerprint density at radius 1 is 1.63 bits per heavy atom. The summed E-state index contributed by atoms with van der Waals surface area (Å²) < 4.78 is 0. The molecule has 1 aromatic rings. The van der Waals surface area contributed by atoms with E-state index in [4.69, 9.17) is 5.26 Å². The number of nitrogens with one attached hydrogen (secondary N) is 1. The Balaban J connectivity index is 1.95. The molecule has 1 aliphatic rings. The minimum absolute atomic E-state index is 0.0860. The van der Waals surface area contributed by atoms with E-state index in [1.165, 1.54) is 11.3 Å². The standard InChI is InChI=1S/C13H15N3O2S/c1-9(15-12(17)11-3-2-8-19-11)13(18)16(7-6-14)10-4-5-10/h2-3,8-10H,4-5,7H2,1H3,(H,15,17). The first-order valence-electron chi connectivity index (χ1n) is 6.15. The number of carbonyl (C=O) groups excluding carboxylic acids is 2. The van der Waals surface area contributed by atoms with E-state index in [-0.39, 0.29) is 24.4 Å². The van der Waals surface area contributed by atoms with Gasteiger partial charge in [-0.2, -0.15) is 5.26 Å². The predicted molar refractivity (Wildman–Crippen MR) is 71.6 cm³/mol. The van der Waals surface area contributed by atoms with Crippen molar-refractivity contribution in [1.29, 1.82) is 5.26 Å². The van der Waals surface area contributed by atoms with Crippen LogP contribution in [-0.2, 0) is 4.79 Å². The van der Waals surface area contributed by atoms with Crippen LogP contribution < -0.4 is 5.32 Å². The molecule has 0 aromatic carbocycles. The molecule has 0 saturated heterocycles. The smallest absolute Gasteiger partial charge is 0.261 e. The fourth-order valence-electron chi connectivity index (χ4n) is 1.84. The molecule has 2 rings (SSSR count). The summed E-state index contributed by atoms with van der Waals surface area (Å²) >= 11 is 1.33. The first-order valence-corrected chi connectivity index (χ1v) is 7.03. The molecule has 19 heavy (non-hydrogen) atoms. The van der Waals surface area contributed by atoms with Crippen molar-refractivity contribution in [2.45, 2.75) is 31.8 Å². The highest BCUT2D eigenvalue weighted by Gasteiger charge is 2.34. The van der Waals surface area contributed by atoms with E-state index >= 15 is 0 Å². The van der Waals surface area contributed by atoms with Gasteiger partial charge in [0.05, 0.1) is 10.9 Å². The van der Waals surface area contributed by atoms with Gasteiger partial charge in [0.1, 0.15) is 12.6 Å². The first kappa shape index (κ1) is 13.6. The van der Waals surface area contributed by atoms with Gasteiger partial charge in [-0.3, -0.25) is 9.59 Å². The summed E-state index contributed by atoms with van der Waals surface area (Å²) in [6.07, 6.45) is 1.89. The van der Waals surface area contributed by atoms with Gasteiger partial charge >= 0.3 is 0 Å². The van der Waals surface area contributed by atoms with Gasteiger partial charge < -0.3 is 10.2 Å². The highest BCUT2D eigenvalue weighted by atomic mass is 32.1. The van der Waals surface area contributed by atoms with Crippen molar-refractivity contribution in [3.63, 3.8) is 0 Å². The maximum absolute atomic E-state index is 12.2. The van der Waals surface area contributed by atoms with E-state index < -0.39 is 6.04 Å². The average Bonchev–Trinajstić information content (AvgIpc) is 3.08. The fourth-order valence-corrected chi connectivity index (χ4v) is 2.46. The average molecular weight is 277 g/mol. The third kappa shape index (κ3) is 3.32. The number of amides is 2. The molecule has 0 bridgehead atoms. The monoisotopic (exact) mass is 277 g/mol. The van der Waals surface area contributed by atoms with Crippen molar-refractivity contribution in [3.05, 3.63) is 22.4 Å². The Morgan fingerprint density at radius 3 is 2.89 bits per heavy atom. The Bertz CT molecular complexity index is 502. The molecule has 0 spiro atoms. The molecule has 1 fully saturated rings. The van der Waals surface area contributed by atoms with Crippen LogP contribution >= 0.6 is 11.3 Å². The number of nitriles is 1. The first-order chi connectivity index (χ1) is 9.13. The van der Waals surface area contributed by atoms with Gasteiger partial charge in [-0.1, -0.05) is 6.07 Å². The summed E-state index contributed by atoms with van der Waals surface area (Å²) in [5.41, 5.74) is 0. The van der Waals surface area contributed by atoms with Gasteiger partial charge in [0.25, 0.3) is 5.91 Å². The third-order valence-electron chi connectivity index (χ3n) is 2.97. The van der Waals surface area contributed by atoms with Crippen LogP contribution in [0.3, 0.4) is 0 Å². The number of hydrogen-bond acceptors (Lipinski definition) is 4. The van der Waals surface area contributed by atoms with E-state index in [0.717, 1.165) is 12.8 Å². The Kier molecular flexibility index (Phi) is 4.17. The van der Waals surface area contributed by atoms with Crippen LogP contribution in [0.1, 0.15) is 29.4 Å². The Morgan fingerprint density at radius 2 is 2.37 bits per heavy atom. The van der Waals surface area contributed by atoms with Crippen LogP contribution in [0.2, 0.25) is 0 Å². The summed E-state index contributed by atoms with van der Waals surface area (Å²) in [7, 11) is 0. The number of thiophene rings is 1. The molecule has 1 saturated carbocycles. The summed E-state index contributed by atoms with van der Waals surface area (Å²) in [6, 6.07) is 5.07. The molecule has 0 aliphatic heterocycles. The topological polar surface area (TPSA) is 73.2 Å². The zero-order valence-corrected chi connectivity index (χ0v) is 11.4. The summed E-state index contributed by atoms with van der Waals surface area (Å²) in [4.78, 5) is 26.2. The molecule has 5 nitrogen and oxygen atoms in total. The van der Waals surface area contributed by atoms with Crippen LogP contribution in [-0.4, -0.2) is 35.3 Å². The molecular weight excluding hydrogens is 262 g/mol. The molecule has 2 amide bonds. The molecule has 1 atom stereocenters. The highest BCUT2D eigenvalue weighted by molar-refractivity contribution is 7.12. The molecule has 1 heterocycles. The van der Waals surface area contributed by atoms with Crippen LogP contribution in [0, 0.1) is 11.3 Å². The minimum Gasteiger partial charge on any atom is -0.340 e. The van der Waals surface area contributed by atoms with Gasteiger partial charge in [0.15, 0.2) is 0 Å². The Hall–Kier alpha value is -1.87. The van der Waals surface area contributed by atoms with Crippen LogP contribution in [0.25, 0.3) is 0 Å². The molecule has 1 aromatic heterocycles. The third-order valence-corrected chi connectivity index (χ3v) is 3.84. The summed E-state index contributed by atoms with van der Waals surface area (Å²) in [5, 5.41) is 13.2.